The average molecular weight is 323 g/mol. The van der Waals surface area contributed by atoms with Crippen LogP contribution >= 0.6 is 0 Å². The van der Waals surface area contributed by atoms with Gasteiger partial charge in [0, 0.05) is 0 Å². The fourth-order valence-corrected chi connectivity index (χ4v) is 0. The maximum absolute atomic E-state index is 8.25. The molecule has 0 aromatic heterocycles. The summed E-state index contributed by atoms with van der Waals surface area (Å²) in [6.45, 7) is 0. The van der Waals surface area contributed by atoms with Crippen LogP contribution in [0.1, 0.15) is 2.85 Å². The van der Waals surface area contributed by atoms with Crippen molar-refractivity contribution < 1.29 is 114 Å². The van der Waals surface area contributed by atoms with Crippen LogP contribution in [-0.2, 0) is 0 Å². The van der Waals surface area contributed by atoms with Gasteiger partial charge in [-0.3, -0.25) is 0 Å². The molecule has 0 aromatic carbocycles. The summed E-state index contributed by atoms with van der Waals surface area (Å²) < 4.78 is 0. The minimum absolute atomic E-state index is 0. The minimum atomic E-state index is -1.75. The Morgan fingerprint density at radius 1 is 0.625 bits per heavy atom. The summed E-state index contributed by atoms with van der Waals surface area (Å²) >= 11 is 0. The summed E-state index contributed by atoms with van der Waals surface area (Å²) in [5, 5.41) is 14.8. The van der Waals surface area contributed by atoms with Gasteiger partial charge >= 0.3 is 89.1 Å². The predicted molar refractivity (Wildman–Crippen MR) is 54.5 cm³/mol. The van der Waals surface area contributed by atoms with Crippen LogP contribution in [0, 0.1) is 15.3 Å². The Morgan fingerprint density at radius 2 is 0.625 bits per heavy atom. The van der Waals surface area contributed by atoms with E-state index < -0.39 is 5.09 Å². The Labute approximate surface area is 165 Å². The van der Waals surface area contributed by atoms with Crippen LogP contribution in [-0.4, -0.2) is 97.6 Å². The third-order valence-corrected chi connectivity index (χ3v) is 0. The van der Waals surface area contributed by atoms with Gasteiger partial charge in [-0.05, 0) is 0 Å². The van der Waals surface area contributed by atoms with Crippen molar-refractivity contribution in [3.63, 3.8) is 0 Å². The second-order valence-corrected chi connectivity index (χ2v) is 0.224. The van der Waals surface area contributed by atoms with Gasteiger partial charge in [-0.25, -0.2) is 0 Å². The van der Waals surface area contributed by atoms with Crippen LogP contribution in [0.4, 0.5) is 0 Å². The molecule has 0 radical (unpaired) electrons. The summed E-state index contributed by atoms with van der Waals surface area (Å²) in [6, 6.07) is 0. The molecular formula is H22CaKNO13. The molecule has 16 heteroatoms. The van der Waals surface area contributed by atoms with E-state index in [-0.39, 0.29) is 147 Å². The molecular weight excluding hydrogens is 301 g/mol. The molecule has 108 valence electrons. The Kier molecular flexibility index (Phi) is 2610. The van der Waals surface area contributed by atoms with Crippen LogP contribution in [0.25, 0.3) is 0 Å². The Hall–Kier alpha value is 1.70. The van der Waals surface area contributed by atoms with E-state index in [0.29, 0.717) is 0 Å². The number of nitrogens with zero attached hydrogens (tertiary/aromatic N) is 1. The Morgan fingerprint density at radius 3 is 0.625 bits per heavy atom. The van der Waals surface area contributed by atoms with Gasteiger partial charge in [0.05, 0.1) is 5.09 Å². The van der Waals surface area contributed by atoms with Gasteiger partial charge in [0.1, 0.15) is 0 Å². The molecule has 0 rings (SSSR count). The van der Waals surface area contributed by atoms with Crippen LogP contribution in [0.3, 0.4) is 0 Å². The SMILES string of the molecule is O.O.O.O.O.O.O.O.O.O.O=[N+]([O-])[O-].[Ca+2].[H-].[H-].[K+]. The molecule has 0 bridgehead atoms. The molecule has 0 unspecified atom stereocenters. The molecule has 0 aromatic rings. The predicted octanol–water partition coefficient (Wildman–Crippen LogP) is -11.6. The van der Waals surface area contributed by atoms with Crippen LogP contribution in [0.15, 0.2) is 0 Å². The third-order valence-electron chi connectivity index (χ3n) is 0. The quantitative estimate of drug-likeness (QED) is 0.238. The first kappa shape index (κ1) is 224. The van der Waals surface area contributed by atoms with Crippen molar-refractivity contribution in [2.45, 2.75) is 0 Å². The van der Waals surface area contributed by atoms with E-state index in [1.165, 1.54) is 0 Å². The number of hydrogen-bond acceptors (Lipinski definition) is 3. The molecule has 0 amide bonds. The van der Waals surface area contributed by atoms with Gasteiger partial charge in [0.15, 0.2) is 0 Å². The molecule has 0 atom stereocenters. The molecule has 0 saturated carbocycles. The monoisotopic (exact) mass is 323 g/mol. The molecule has 16 heavy (non-hydrogen) atoms. The molecule has 0 fully saturated rings. The van der Waals surface area contributed by atoms with E-state index in [9.17, 15) is 0 Å². The first-order chi connectivity index (χ1) is 1.73. The smallest absolute Gasteiger partial charge is 1.00 e. The van der Waals surface area contributed by atoms with Crippen LogP contribution < -0.4 is 51.4 Å². The normalized spacial score (nSPS) is 1.50. The topological polar surface area (TPSA) is 381 Å². The van der Waals surface area contributed by atoms with Crippen molar-refractivity contribution in [3.05, 3.63) is 15.3 Å². The molecule has 20 N–H and O–H groups in total. The molecule has 0 aliphatic rings. The Bertz CT molecular complexity index is 48.0. The van der Waals surface area contributed by atoms with Crippen molar-refractivity contribution in [1.29, 1.82) is 0 Å². The molecule has 0 saturated heterocycles. The zero-order chi connectivity index (χ0) is 3.58. The summed E-state index contributed by atoms with van der Waals surface area (Å²) in [5.74, 6) is 0. The Balaban J connectivity index is -0.000000000495. The maximum Gasteiger partial charge on any atom is 2.00 e. The zero-order valence-corrected chi connectivity index (χ0v) is 13.7. The van der Waals surface area contributed by atoms with Crippen molar-refractivity contribution in [3.8, 4) is 0 Å². The van der Waals surface area contributed by atoms with Crippen molar-refractivity contribution in [1.82, 2.24) is 0 Å². The fourth-order valence-electron chi connectivity index (χ4n) is 0. The van der Waals surface area contributed by atoms with Gasteiger partial charge in [-0.2, -0.15) is 0 Å². The van der Waals surface area contributed by atoms with E-state index in [4.69, 9.17) is 15.3 Å². The number of rotatable bonds is 0. The van der Waals surface area contributed by atoms with Gasteiger partial charge in [-0.1, -0.05) is 0 Å². The van der Waals surface area contributed by atoms with E-state index in [1.807, 2.05) is 0 Å². The second kappa shape index (κ2) is 187. The van der Waals surface area contributed by atoms with Crippen LogP contribution in [0.2, 0.25) is 0 Å². The molecule has 0 aliphatic heterocycles. The molecule has 0 heterocycles. The fraction of sp³-hybridized carbons (Fsp3) is 0. The first-order valence-electron chi connectivity index (χ1n) is 0.548. The zero-order valence-electron chi connectivity index (χ0n) is 10.4. The summed E-state index contributed by atoms with van der Waals surface area (Å²) in [6.07, 6.45) is 0. The molecule has 0 spiro atoms. The van der Waals surface area contributed by atoms with Gasteiger partial charge in [0.25, 0.3) is 0 Å². The van der Waals surface area contributed by atoms with Gasteiger partial charge in [0.2, 0.25) is 0 Å². The maximum atomic E-state index is 8.25. The largest absolute Gasteiger partial charge is 2.00 e. The third kappa shape index (κ3) is 1180. The van der Waals surface area contributed by atoms with Crippen LogP contribution in [0.5, 0.6) is 0 Å². The summed E-state index contributed by atoms with van der Waals surface area (Å²) in [4.78, 5) is 8.25. The van der Waals surface area contributed by atoms with E-state index in [1.54, 1.807) is 0 Å². The van der Waals surface area contributed by atoms with Gasteiger partial charge < -0.3 is 72.9 Å². The van der Waals surface area contributed by atoms with Crippen molar-refractivity contribution >= 4 is 37.7 Å². The standard InChI is InChI=1S/Ca.K.NO3.10H2O.2H/c;;2-1(3)4;;;;;;;;;;;;/h;;;10*1H2;;/q+2;+1;-1;;;;;;;;;;;2*-1. The summed E-state index contributed by atoms with van der Waals surface area (Å²) in [5.41, 5.74) is 0. The first-order valence-corrected chi connectivity index (χ1v) is 0.548. The van der Waals surface area contributed by atoms with Crippen molar-refractivity contribution in [2.75, 3.05) is 0 Å². The number of hydrogen-bond donors (Lipinski definition) is 0. The minimum Gasteiger partial charge on any atom is -1.00 e. The summed E-state index contributed by atoms with van der Waals surface area (Å²) in [7, 11) is 0. The van der Waals surface area contributed by atoms with Crippen molar-refractivity contribution in [2.24, 2.45) is 0 Å². The molecule has 0 aliphatic carbocycles. The van der Waals surface area contributed by atoms with E-state index in [0.717, 1.165) is 0 Å². The van der Waals surface area contributed by atoms with E-state index >= 15 is 0 Å². The average Bonchev–Trinajstić information content (AvgIpc) is 0.811. The second-order valence-electron chi connectivity index (χ2n) is 0.224. The molecule has 14 nitrogen and oxygen atoms in total. The van der Waals surface area contributed by atoms with E-state index in [2.05, 4.69) is 0 Å². The van der Waals surface area contributed by atoms with Gasteiger partial charge in [-0.15, -0.1) is 0 Å².